The second-order valence-corrected chi connectivity index (χ2v) is 7.61. The minimum Gasteiger partial charge on any atom is -0.488 e. The van der Waals surface area contributed by atoms with Crippen LogP contribution in [0.15, 0.2) is 24.3 Å². The Morgan fingerprint density at radius 2 is 2.07 bits per heavy atom. The van der Waals surface area contributed by atoms with Gasteiger partial charge >= 0.3 is 0 Å². The van der Waals surface area contributed by atoms with Crippen molar-refractivity contribution in [2.24, 2.45) is 7.05 Å². The summed E-state index contributed by atoms with van der Waals surface area (Å²) in [6, 6.07) is 8.55. The summed E-state index contributed by atoms with van der Waals surface area (Å²) in [6.45, 7) is 1.88. The number of carbonyl (C=O) groups excluding carboxylic acids is 1. The van der Waals surface area contributed by atoms with Crippen LogP contribution in [0.3, 0.4) is 0 Å². The summed E-state index contributed by atoms with van der Waals surface area (Å²) in [6.07, 6.45) is 6.55. The van der Waals surface area contributed by atoms with Gasteiger partial charge in [-0.15, -0.1) is 0 Å². The Balaban J connectivity index is 1.42. The highest BCUT2D eigenvalue weighted by atomic mass is 16.5. The van der Waals surface area contributed by atoms with Crippen molar-refractivity contribution in [3.63, 3.8) is 0 Å². The van der Waals surface area contributed by atoms with Crippen molar-refractivity contribution in [3.8, 4) is 17.0 Å². The number of amides is 1. The van der Waals surface area contributed by atoms with Crippen LogP contribution in [-0.2, 0) is 13.7 Å². The van der Waals surface area contributed by atoms with Gasteiger partial charge < -0.3 is 15.0 Å². The van der Waals surface area contributed by atoms with E-state index < -0.39 is 0 Å². The third kappa shape index (κ3) is 3.58. The van der Waals surface area contributed by atoms with E-state index in [0.717, 1.165) is 29.1 Å². The maximum Gasteiger partial charge on any atom is 0.272 e. The molecule has 1 aromatic carbocycles. The van der Waals surface area contributed by atoms with Crippen molar-refractivity contribution in [1.29, 1.82) is 0 Å². The Morgan fingerprint density at radius 3 is 2.89 bits per heavy atom. The number of hydrogen-bond acceptors (Lipinski definition) is 4. The Hall–Kier alpha value is -2.34. The van der Waals surface area contributed by atoms with E-state index in [1.54, 1.807) is 4.68 Å². The van der Waals surface area contributed by atoms with Gasteiger partial charge in [0.05, 0.1) is 5.69 Å². The van der Waals surface area contributed by atoms with E-state index in [2.05, 4.69) is 22.4 Å². The third-order valence-electron chi connectivity index (χ3n) is 5.82. The molecule has 1 amide bonds. The standard InChI is InChI=1S/C21H28N4O2/c1-24(15-8-4-3-5-9-15)13-12-22-21(26)19-17-14-27-18-11-7-6-10-16(18)20(17)25(2)23-19/h6-7,10-11,15H,3-5,8-9,12-14H2,1-2H3,(H,22,26). The Labute approximate surface area is 160 Å². The number of para-hydroxylation sites is 1. The van der Waals surface area contributed by atoms with Crippen LogP contribution >= 0.6 is 0 Å². The lowest BCUT2D eigenvalue weighted by Crippen LogP contribution is -2.39. The van der Waals surface area contributed by atoms with E-state index in [0.29, 0.717) is 24.9 Å². The van der Waals surface area contributed by atoms with E-state index in [1.165, 1.54) is 32.1 Å². The molecule has 1 aliphatic carbocycles. The smallest absolute Gasteiger partial charge is 0.272 e. The molecule has 1 aromatic heterocycles. The molecule has 0 unspecified atom stereocenters. The van der Waals surface area contributed by atoms with Crippen molar-refractivity contribution in [2.45, 2.75) is 44.8 Å². The van der Waals surface area contributed by atoms with Crippen molar-refractivity contribution >= 4 is 5.91 Å². The highest BCUT2D eigenvalue weighted by Gasteiger charge is 2.28. The zero-order valence-electron chi connectivity index (χ0n) is 16.2. The molecule has 2 aromatic rings. The zero-order valence-corrected chi connectivity index (χ0v) is 16.2. The third-order valence-corrected chi connectivity index (χ3v) is 5.82. The number of benzene rings is 1. The van der Waals surface area contributed by atoms with Crippen LogP contribution in [0.25, 0.3) is 11.3 Å². The van der Waals surface area contributed by atoms with Gasteiger partial charge in [-0.2, -0.15) is 5.10 Å². The fourth-order valence-corrected chi connectivity index (χ4v) is 4.30. The summed E-state index contributed by atoms with van der Waals surface area (Å²) >= 11 is 0. The first kappa shape index (κ1) is 18.0. The lowest BCUT2D eigenvalue weighted by Gasteiger charge is -2.31. The number of carbonyl (C=O) groups is 1. The quantitative estimate of drug-likeness (QED) is 0.881. The number of fused-ring (bicyclic) bond motifs is 3. The summed E-state index contributed by atoms with van der Waals surface area (Å²) in [7, 11) is 4.05. The number of aryl methyl sites for hydroxylation is 1. The molecule has 0 atom stereocenters. The number of nitrogens with one attached hydrogen (secondary N) is 1. The largest absolute Gasteiger partial charge is 0.488 e. The maximum absolute atomic E-state index is 12.7. The molecule has 6 nitrogen and oxygen atoms in total. The molecule has 0 radical (unpaired) electrons. The number of rotatable bonds is 5. The van der Waals surface area contributed by atoms with E-state index in [1.807, 2.05) is 31.3 Å². The Bertz CT molecular complexity index is 824. The number of hydrogen-bond donors (Lipinski definition) is 1. The van der Waals surface area contributed by atoms with Gasteiger partial charge in [0.1, 0.15) is 12.4 Å². The van der Waals surface area contributed by atoms with Gasteiger partial charge in [-0.1, -0.05) is 31.4 Å². The van der Waals surface area contributed by atoms with Crippen LogP contribution in [0.1, 0.15) is 48.2 Å². The lowest BCUT2D eigenvalue weighted by molar-refractivity contribution is 0.0936. The highest BCUT2D eigenvalue weighted by Crippen LogP contribution is 2.38. The van der Waals surface area contributed by atoms with Crippen molar-refractivity contribution in [1.82, 2.24) is 20.0 Å². The second-order valence-electron chi connectivity index (χ2n) is 7.61. The average molecular weight is 368 g/mol. The van der Waals surface area contributed by atoms with Gasteiger partial charge in [0, 0.05) is 37.3 Å². The van der Waals surface area contributed by atoms with Gasteiger partial charge in [-0.05, 0) is 32.0 Å². The molecule has 1 fully saturated rings. The van der Waals surface area contributed by atoms with Crippen LogP contribution in [0, 0.1) is 0 Å². The predicted molar refractivity (Wildman–Crippen MR) is 105 cm³/mol. The molecular formula is C21H28N4O2. The molecule has 144 valence electrons. The van der Waals surface area contributed by atoms with Crippen LogP contribution in [-0.4, -0.2) is 46.8 Å². The number of nitrogens with zero attached hydrogens (tertiary/aromatic N) is 3. The van der Waals surface area contributed by atoms with Gasteiger partial charge in [0.2, 0.25) is 0 Å². The topological polar surface area (TPSA) is 59.4 Å². The van der Waals surface area contributed by atoms with Crippen molar-refractivity contribution < 1.29 is 9.53 Å². The number of aromatic nitrogens is 2. The number of likely N-dealkylation sites (N-methyl/N-ethyl adjacent to an activating group) is 1. The van der Waals surface area contributed by atoms with E-state index >= 15 is 0 Å². The van der Waals surface area contributed by atoms with Gasteiger partial charge in [0.15, 0.2) is 5.69 Å². The summed E-state index contributed by atoms with van der Waals surface area (Å²) in [5.41, 5.74) is 3.31. The molecule has 4 rings (SSSR count). The Morgan fingerprint density at radius 1 is 1.30 bits per heavy atom. The predicted octanol–water partition coefficient (Wildman–Crippen LogP) is 2.97. The van der Waals surface area contributed by atoms with Crippen LogP contribution in [0.5, 0.6) is 5.75 Å². The van der Waals surface area contributed by atoms with Gasteiger partial charge in [-0.3, -0.25) is 9.48 Å². The van der Waals surface area contributed by atoms with Gasteiger partial charge in [-0.25, -0.2) is 0 Å². The first-order chi connectivity index (χ1) is 13.1. The van der Waals surface area contributed by atoms with Crippen LogP contribution in [0.4, 0.5) is 0 Å². The van der Waals surface area contributed by atoms with Crippen molar-refractivity contribution in [2.75, 3.05) is 20.1 Å². The molecule has 1 N–H and O–H groups in total. The second kappa shape index (κ2) is 7.72. The van der Waals surface area contributed by atoms with E-state index in [9.17, 15) is 4.79 Å². The van der Waals surface area contributed by atoms with E-state index in [-0.39, 0.29) is 5.91 Å². The number of ether oxygens (including phenoxy) is 1. The van der Waals surface area contributed by atoms with Crippen molar-refractivity contribution in [3.05, 3.63) is 35.5 Å². The molecule has 27 heavy (non-hydrogen) atoms. The summed E-state index contributed by atoms with van der Waals surface area (Å²) in [5, 5.41) is 7.53. The molecule has 0 spiro atoms. The monoisotopic (exact) mass is 368 g/mol. The Kier molecular flexibility index (Phi) is 5.16. The molecule has 0 bridgehead atoms. The molecule has 1 saturated carbocycles. The molecule has 2 aliphatic rings. The average Bonchev–Trinajstić information content (AvgIpc) is 3.05. The highest BCUT2D eigenvalue weighted by molar-refractivity contribution is 5.96. The summed E-state index contributed by atoms with van der Waals surface area (Å²) in [5.74, 6) is 0.723. The zero-order chi connectivity index (χ0) is 18.8. The lowest BCUT2D eigenvalue weighted by atomic mass is 9.94. The molecule has 2 heterocycles. The normalized spacial score (nSPS) is 16.6. The molecule has 0 saturated heterocycles. The van der Waals surface area contributed by atoms with E-state index in [4.69, 9.17) is 4.74 Å². The summed E-state index contributed by atoms with van der Waals surface area (Å²) < 4.78 is 7.63. The maximum atomic E-state index is 12.7. The van der Waals surface area contributed by atoms with Crippen LogP contribution < -0.4 is 10.1 Å². The summed E-state index contributed by atoms with van der Waals surface area (Å²) in [4.78, 5) is 15.1. The SMILES string of the molecule is CN(CCNC(=O)c1nn(C)c2c1COc1ccccc1-2)C1CCCCC1. The van der Waals surface area contributed by atoms with Gasteiger partial charge in [0.25, 0.3) is 5.91 Å². The fourth-order valence-electron chi connectivity index (χ4n) is 4.30. The minimum atomic E-state index is -0.119. The first-order valence-corrected chi connectivity index (χ1v) is 9.91. The molecule has 6 heteroatoms. The fraction of sp³-hybridized carbons (Fsp3) is 0.524. The molecule has 1 aliphatic heterocycles. The minimum absolute atomic E-state index is 0.119. The van der Waals surface area contributed by atoms with Crippen LogP contribution in [0.2, 0.25) is 0 Å². The first-order valence-electron chi connectivity index (χ1n) is 9.91. The molecular weight excluding hydrogens is 340 g/mol.